The van der Waals surface area contributed by atoms with Crippen molar-refractivity contribution in [1.29, 1.82) is 0 Å². The Hall–Kier alpha value is -3.21. The molecule has 1 N–H and O–H groups in total. The highest BCUT2D eigenvalue weighted by molar-refractivity contribution is 5.99. The summed E-state index contributed by atoms with van der Waals surface area (Å²) in [4.78, 5) is 23.4. The molecule has 0 bridgehead atoms. The molecule has 0 aliphatic carbocycles. The summed E-state index contributed by atoms with van der Waals surface area (Å²) in [6.45, 7) is 3.50. The van der Waals surface area contributed by atoms with Crippen LogP contribution >= 0.6 is 0 Å². The molecule has 3 aromatic rings. The normalized spacial score (nSPS) is 11.9. The molecule has 1 unspecified atom stereocenters. The Morgan fingerprint density at radius 1 is 1.04 bits per heavy atom. The van der Waals surface area contributed by atoms with Gasteiger partial charge in [0.2, 0.25) is 0 Å². The zero-order valence-corrected chi connectivity index (χ0v) is 14.0. The molecule has 0 saturated heterocycles. The van der Waals surface area contributed by atoms with Gasteiger partial charge in [-0.2, -0.15) is 0 Å². The summed E-state index contributed by atoms with van der Waals surface area (Å²) in [5.41, 5.74) is 1.37. The van der Waals surface area contributed by atoms with Crippen molar-refractivity contribution < 1.29 is 9.72 Å². The first-order valence-electron chi connectivity index (χ1n) is 8.01. The van der Waals surface area contributed by atoms with Gasteiger partial charge in [0.1, 0.15) is 5.56 Å². The number of aryl methyl sites for hydroxylation is 1. The highest BCUT2D eigenvalue weighted by Crippen LogP contribution is 2.26. The second-order valence-electron chi connectivity index (χ2n) is 5.99. The fraction of sp³-hybridized carbons (Fsp3) is 0.150. The fourth-order valence-electron chi connectivity index (χ4n) is 3.06. The molecule has 0 aliphatic rings. The van der Waals surface area contributed by atoms with Crippen LogP contribution in [0.4, 0.5) is 5.69 Å². The van der Waals surface area contributed by atoms with E-state index in [-0.39, 0.29) is 17.3 Å². The molecular formula is C20H18N2O3. The minimum Gasteiger partial charge on any atom is -0.345 e. The quantitative estimate of drug-likeness (QED) is 0.562. The Labute approximate surface area is 145 Å². The monoisotopic (exact) mass is 334 g/mol. The molecule has 1 amide bonds. The summed E-state index contributed by atoms with van der Waals surface area (Å²) in [7, 11) is 0. The number of carbonyl (C=O) groups excluding carboxylic acids is 1. The molecule has 0 heterocycles. The van der Waals surface area contributed by atoms with E-state index in [9.17, 15) is 14.9 Å². The van der Waals surface area contributed by atoms with Crippen LogP contribution in [0, 0.1) is 17.0 Å². The summed E-state index contributed by atoms with van der Waals surface area (Å²) in [5.74, 6) is -0.448. The van der Waals surface area contributed by atoms with Crippen LogP contribution in [0.15, 0.2) is 60.7 Å². The molecule has 0 fully saturated rings. The van der Waals surface area contributed by atoms with Gasteiger partial charge in [-0.05, 0) is 36.2 Å². The number of fused-ring (bicyclic) bond motifs is 1. The highest BCUT2D eigenvalue weighted by atomic mass is 16.6. The third-order valence-corrected chi connectivity index (χ3v) is 4.30. The maximum Gasteiger partial charge on any atom is 0.285 e. The number of hydrogen-bond acceptors (Lipinski definition) is 3. The molecule has 0 saturated carbocycles. The molecule has 5 nitrogen and oxygen atoms in total. The molecule has 3 rings (SSSR count). The number of carbonyl (C=O) groups is 1. The minimum atomic E-state index is -0.507. The van der Waals surface area contributed by atoms with Crippen LogP contribution in [0.3, 0.4) is 0 Å². The van der Waals surface area contributed by atoms with Crippen LogP contribution in [0.2, 0.25) is 0 Å². The van der Waals surface area contributed by atoms with Gasteiger partial charge < -0.3 is 5.32 Å². The summed E-state index contributed by atoms with van der Waals surface area (Å²) in [6.07, 6.45) is 0. The van der Waals surface area contributed by atoms with E-state index < -0.39 is 10.8 Å². The lowest BCUT2D eigenvalue weighted by Crippen LogP contribution is -2.27. The number of hydrogen-bond donors (Lipinski definition) is 1. The van der Waals surface area contributed by atoms with Crippen molar-refractivity contribution >= 4 is 22.4 Å². The zero-order valence-electron chi connectivity index (χ0n) is 14.0. The second-order valence-corrected chi connectivity index (χ2v) is 5.99. The lowest BCUT2D eigenvalue weighted by Gasteiger charge is -2.17. The first-order chi connectivity index (χ1) is 12.0. The molecule has 25 heavy (non-hydrogen) atoms. The number of nitrogens with zero attached hydrogens (tertiary/aromatic N) is 1. The van der Waals surface area contributed by atoms with E-state index in [1.165, 1.54) is 6.07 Å². The van der Waals surface area contributed by atoms with Crippen LogP contribution < -0.4 is 5.32 Å². The maximum absolute atomic E-state index is 12.6. The predicted molar refractivity (Wildman–Crippen MR) is 97.7 cm³/mol. The Morgan fingerprint density at radius 3 is 2.48 bits per heavy atom. The SMILES string of the molecule is Cc1cccc(C(=O)NC(C)c2cccc3ccccc23)c1[N+](=O)[O-]. The van der Waals surface area contributed by atoms with Crippen LogP contribution in [0.25, 0.3) is 10.8 Å². The van der Waals surface area contributed by atoms with E-state index in [2.05, 4.69) is 5.32 Å². The van der Waals surface area contributed by atoms with E-state index >= 15 is 0 Å². The fourth-order valence-corrected chi connectivity index (χ4v) is 3.06. The first kappa shape index (κ1) is 16.6. The number of nitro groups is 1. The molecule has 126 valence electrons. The topological polar surface area (TPSA) is 72.2 Å². The Bertz CT molecular complexity index is 961. The number of amides is 1. The summed E-state index contributed by atoms with van der Waals surface area (Å²) in [5, 5.41) is 16.3. The van der Waals surface area contributed by atoms with E-state index in [0.717, 1.165) is 16.3 Å². The highest BCUT2D eigenvalue weighted by Gasteiger charge is 2.23. The standard InChI is InChI=1S/C20H18N2O3/c1-13-7-5-12-18(19(13)22(24)25)20(23)21-14(2)16-11-6-9-15-8-3-4-10-17(15)16/h3-12,14H,1-2H3,(H,21,23). The number of rotatable bonds is 4. The lowest BCUT2D eigenvalue weighted by molar-refractivity contribution is -0.385. The van der Waals surface area contributed by atoms with Gasteiger partial charge >= 0.3 is 0 Å². The number of benzene rings is 3. The van der Waals surface area contributed by atoms with Crippen molar-refractivity contribution in [3.63, 3.8) is 0 Å². The van der Waals surface area contributed by atoms with Gasteiger partial charge in [-0.1, -0.05) is 54.6 Å². The van der Waals surface area contributed by atoms with Crippen LogP contribution in [-0.2, 0) is 0 Å². The molecule has 0 aliphatic heterocycles. The van der Waals surface area contributed by atoms with Crippen molar-refractivity contribution in [3.8, 4) is 0 Å². The van der Waals surface area contributed by atoms with Gasteiger partial charge in [-0.3, -0.25) is 14.9 Å². The van der Waals surface area contributed by atoms with E-state index in [1.54, 1.807) is 19.1 Å². The lowest BCUT2D eigenvalue weighted by atomic mass is 9.99. The maximum atomic E-state index is 12.6. The van der Waals surface area contributed by atoms with Gasteiger partial charge in [-0.15, -0.1) is 0 Å². The van der Waals surface area contributed by atoms with Gasteiger partial charge in [0.25, 0.3) is 11.6 Å². The van der Waals surface area contributed by atoms with Gasteiger partial charge in [0.15, 0.2) is 0 Å². The molecule has 3 aromatic carbocycles. The molecule has 0 aromatic heterocycles. The van der Waals surface area contributed by atoms with E-state index in [1.807, 2.05) is 49.4 Å². The van der Waals surface area contributed by atoms with E-state index in [4.69, 9.17) is 0 Å². The average Bonchev–Trinajstić information content (AvgIpc) is 2.60. The summed E-state index contributed by atoms with van der Waals surface area (Å²) >= 11 is 0. The van der Waals surface area contributed by atoms with Gasteiger partial charge in [-0.25, -0.2) is 0 Å². The number of nitro benzene ring substituents is 1. The Morgan fingerprint density at radius 2 is 1.72 bits per heavy atom. The Kier molecular flexibility index (Phi) is 4.48. The summed E-state index contributed by atoms with van der Waals surface area (Å²) < 4.78 is 0. The zero-order chi connectivity index (χ0) is 18.0. The number of nitrogens with one attached hydrogen (secondary N) is 1. The van der Waals surface area contributed by atoms with Crippen molar-refractivity contribution in [1.82, 2.24) is 5.32 Å². The third kappa shape index (κ3) is 3.21. The minimum absolute atomic E-state index is 0.0806. The Balaban J connectivity index is 1.94. The molecular weight excluding hydrogens is 316 g/mol. The average molecular weight is 334 g/mol. The first-order valence-corrected chi connectivity index (χ1v) is 8.01. The van der Waals surface area contributed by atoms with Gasteiger partial charge in [0, 0.05) is 5.56 Å². The molecule has 1 atom stereocenters. The van der Waals surface area contributed by atoms with Crippen LogP contribution in [0.1, 0.15) is 34.5 Å². The molecule has 0 spiro atoms. The largest absolute Gasteiger partial charge is 0.345 e. The van der Waals surface area contributed by atoms with Crippen LogP contribution in [0.5, 0.6) is 0 Å². The second kappa shape index (κ2) is 6.73. The van der Waals surface area contributed by atoms with Crippen molar-refractivity contribution in [3.05, 3.63) is 87.5 Å². The third-order valence-electron chi connectivity index (χ3n) is 4.30. The van der Waals surface area contributed by atoms with Crippen molar-refractivity contribution in [2.45, 2.75) is 19.9 Å². The smallest absolute Gasteiger partial charge is 0.285 e. The molecule has 0 radical (unpaired) electrons. The summed E-state index contributed by atoms with van der Waals surface area (Å²) in [6, 6.07) is 18.3. The van der Waals surface area contributed by atoms with Crippen molar-refractivity contribution in [2.24, 2.45) is 0 Å². The number of para-hydroxylation sites is 1. The van der Waals surface area contributed by atoms with Crippen molar-refractivity contribution in [2.75, 3.05) is 0 Å². The van der Waals surface area contributed by atoms with Gasteiger partial charge in [0.05, 0.1) is 11.0 Å². The van der Waals surface area contributed by atoms with Crippen LogP contribution in [-0.4, -0.2) is 10.8 Å². The predicted octanol–water partition coefficient (Wildman–Crippen LogP) is 4.55. The molecule has 5 heteroatoms. The van der Waals surface area contributed by atoms with E-state index in [0.29, 0.717) is 5.56 Å².